The molecule has 2 aromatic carbocycles. The van der Waals surface area contributed by atoms with Crippen LogP contribution in [0.4, 0.5) is 5.69 Å². The van der Waals surface area contributed by atoms with Gasteiger partial charge in [-0.1, -0.05) is 41.1 Å². The first kappa shape index (κ1) is 21.7. The average Bonchev–Trinajstić information content (AvgIpc) is 3.19. The van der Waals surface area contributed by atoms with Crippen molar-refractivity contribution in [3.8, 4) is 5.69 Å². The number of amides is 1. The van der Waals surface area contributed by atoms with Gasteiger partial charge >= 0.3 is 0 Å². The minimum absolute atomic E-state index is 0.0281. The Morgan fingerprint density at radius 1 is 1.10 bits per heavy atom. The highest BCUT2D eigenvalue weighted by Crippen LogP contribution is 2.35. The summed E-state index contributed by atoms with van der Waals surface area (Å²) in [6.07, 6.45) is 2.96. The second kappa shape index (κ2) is 8.89. The fourth-order valence-electron chi connectivity index (χ4n) is 3.75. The molecule has 1 saturated heterocycles. The molecular weight excluding hydrogens is 470 g/mol. The van der Waals surface area contributed by atoms with Crippen LogP contribution in [-0.4, -0.2) is 27.6 Å². The van der Waals surface area contributed by atoms with Crippen molar-refractivity contribution in [3.63, 3.8) is 0 Å². The molecule has 0 atom stereocenters. The van der Waals surface area contributed by atoms with Gasteiger partial charge in [-0.05, 0) is 85.6 Å². The summed E-state index contributed by atoms with van der Waals surface area (Å²) < 4.78 is 3.27. The van der Waals surface area contributed by atoms with Gasteiger partial charge in [-0.3, -0.25) is 9.69 Å². The lowest BCUT2D eigenvalue weighted by Gasteiger charge is -2.14. The minimum Gasteiger partial charge on any atom is -0.318 e. The van der Waals surface area contributed by atoms with E-state index in [9.17, 15) is 4.79 Å². The summed E-state index contributed by atoms with van der Waals surface area (Å²) in [7, 11) is 1.77. The molecule has 3 aromatic rings. The Morgan fingerprint density at radius 2 is 1.81 bits per heavy atom. The molecule has 0 N–H and O–H groups in total. The highest BCUT2D eigenvalue weighted by molar-refractivity contribution is 9.10. The van der Waals surface area contributed by atoms with Crippen molar-refractivity contribution in [2.75, 3.05) is 7.05 Å². The first-order chi connectivity index (χ1) is 14.9. The Labute approximate surface area is 195 Å². The molecule has 1 fully saturated rings. The molecule has 4 rings (SSSR count). The van der Waals surface area contributed by atoms with E-state index < -0.39 is 0 Å². The first-order valence-corrected chi connectivity index (χ1v) is 11.8. The van der Waals surface area contributed by atoms with E-state index in [2.05, 4.69) is 76.6 Å². The van der Waals surface area contributed by atoms with E-state index >= 15 is 0 Å². The average molecular weight is 494 g/mol. The number of hydrogen-bond donors (Lipinski definition) is 0. The fraction of sp³-hybridized carbons (Fsp3) is 0.200. The maximum atomic E-state index is 12.9. The number of carbonyl (C=O) groups is 1. The van der Waals surface area contributed by atoms with Crippen LogP contribution in [0.25, 0.3) is 11.8 Å². The van der Waals surface area contributed by atoms with Crippen LogP contribution in [-0.2, 0) is 11.2 Å². The summed E-state index contributed by atoms with van der Waals surface area (Å²) in [4.78, 5) is 19.8. The molecular formula is C25H24BrN3OS. The number of benzene rings is 2. The van der Waals surface area contributed by atoms with Crippen LogP contribution >= 0.6 is 27.7 Å². The summed E-state index contributed by atoms with van der Waals surface area (Å²) in [5, 5.41) is 0.684. The van der Waals surface area contributed by atoms with Crippen LogP contribution in [0, 0.1) is 13.8 Å². The smallest absolute Gasteiger partial charge is 0.266 e. The molecule has 0 spiro atoms. The number of carbonyl (C=O) groups excluding carboxylic acids is 1. The van der Waals surface area contributed by atoms with Crippen LogP contribution in [0.2, 0.25) is 0 Å². The van der Waals surface area contributed by atoms with Gasteiger partial charge in [0, 0.05) is 28.6 Å². The Balaban J connectivity index is 1.69. The zero-order valence-corrected chi connectivity index (χ0v) is 20.4. The van der Waals surface area contributed by atoms with Crippen LogP contribution in [0.1, 0.15) is 29.4 Å². The van der Waals surface area contributed by atoms with Gasteiger partial charge < -0.3 is 4.57 Å². The number of amidine groups is 1. The quantitative estimate of drug-likeness (QED) is 0.381. The molecule has 2 heterocycles. The maximum absolute atomic E-state index is 12.9. The molecule has 0 radical (unpaired) electrons. The van der Waals surface area contributed by atoms with E-state index in [4.69, 9.17) is 0 Å². The second-order valence-corrected chi connectivity index (χ2v) is 9.41. The predicted octanol–water partition coefficient (Wildman–Crippen LogP) is 6.65. The van der Waals surface area contributed by atoms with E-state index in [1.165, 1.54) is 23.0 Å². The third-order valence-electron chi connectivity index (χ3n) is 5.43. The lowest BCUT2D eigenvalue weighted by Crippen LogP contribution is -2.23. The van der Waals surface area contributed by atoms with Crippen LogP contribution in [0.5, 0.6) is 0 Å². The first-order valence-electron chi connectivity index (χ1n) is 10.2. The molecule has 1 amide bonds. The zero-order chi connectivity index (χ0) is 22.1. The number of rotatable bonds is 4. The number of halogens is 1. The number of thioether (sulfide) groups is 1. The van der Waals surface area contributed by atoms with Crippen molar-refractivity contribution in [3.05, 3.63) is 86.5 Å². The molecule has 0 unspecified atom stereocenters. The second-order valence-electron chi connectivity index (χ2n) is 7.49. The lowest BCUT2D eigenvalue weighted by atomic mass is 10.1. The molecule has 1 aromatic heterocycles. The summed E-state index contributed by atoms with van der Waals surface area (Å²) in [5.41, 5.74) is 6.65. The van der Waals surface area contributed by atoms with Crippen molar-refractivity contribution in [2.45, 2.75) is 27.2 Å². The molecule has 4 nitrogen and oxygen atoms in total. The van der Waals surface area contributed by atoms with Crippen molar-refractivity contribution in [1.29, 1.82) is 0 Å². The van der Waals surface area contributed by atoms with E-state index in [0.29, 0.717) is 10.1 Å². The molecule has 158 valence electrons. The van der Waals surface area contributed by atoms with Crippen molar-refractivity contribution < 1.29 is 4.79 Å². The third kappa shape index (κ3) is 4.27. The van der Waals surface area contributed by atoms with Gasteiger partial charge in [0.2, 0.25) is 0 Å². The number of likely N-dealkylation sites (N-methyl/N-ethyl adjacent to an activating group) is 1. The van der Waals surface area contributed by atoms with Gasteiger partial charge in [-0.15, -0.1) is 0 Å². The highest BCUT2D eigenvalue weighted by Gasteiger charge is 2.30. The number of hydrogen-bond acceptors (Lipinski definition) is 3. The predicted molar refractivity (Wildman–Crippen MR) is 134 cm³/mol. The minimum atomic E-state index is -0.0281. The summed E-state index contributed by atoms with van der Waals surface area (Å²) >= 11 is 4.85. The van der Waals surface area contributed by atoms with Gasteiger partial charge in [0.25, 0.3) is 5.91 Å². The number of nitrogens with zero attached hydrogens (tertiary/aromatic N) is 3. The van der Waals surface area contributed by atoms with Gasteiger partial charge in [0.05, 0.1) is 10.6 Å². The standard InChI is InChI=1S/C25H24BrN3OS/c1-5-18-8-6-7-9-22(18)29-16(2)14-19(17(29)3)15-23-24(30)28(4)25(31-23)27-21-12-10-20(26)11-13-21/h6-15H,5H2,1-4H3/b23-15-,27-25?. The SMILES string of the molecule is CCc1ccccc1-n1c(C)cc(/C=C2\SC(=Nc3ccc(Br)cc3)N(C)C2=O)c1C. The van der Waals surface area contributed by atoms with E-state index in [-0.39, 0.29) is 5.91 Å². The number of aliphatic imine (C=N–C) groups is 1. The van der Waals surface area contributed by atoms with Crippen molar-refractivity contribution in [1.82, 2.24) is 9.47 Å². The summed E-state index contributed by atoms with van der Waals surface area (Å²) in [6.45, 7) is 6.39. The van der Waals surface area contributed by atoms with Gasteiger partial charge in [0.1, 0.15) is 0 Å². The van der Waals surface area contributed by atoms with Crippen molar-refractivity contribution >= 4 is 50.5 Å². The number of aryl methyl sites for hydroxylation is 2. The number of aromatic nitrogens is 1. The Kier molecular flexibility index (Phi) is 6.21. The Hall–Kier alpha value is -2.57. The monoisotopic (exact) mass is 493 g/mol. The summed E-state index contributed by atoms with van der Waals surface area (Å²) in [6, 6.07) is 18.4. The molecule has 1 aliphatic rings. The molecule has 0 saturated carbocycles. The van der Waals surface area contributed by atoms with Gasteiger partial charge in [-0.25, -0.2) is 4.99 Å². The highest BCUT2D eigenvalue weighted by atomic mass is 79.9. The molecule has 0 bridgehead atoms. The van der Waals surface area contributed by atoms with E-state index in [0.717, 1.165) is 33.5 Å². The van der Waals surface area contributed by atoms with Gasteiger partial charge in [0.15, 0.2) is 5.17 Å². The van der Waals surface area contributed by atoms with Crippen LogP contribution in [0.3, 0.4) is 0 Å². The van der Waals surface area contributed by atoms with Gasteiger partial charge in [-0.2, -0.15) is 0 Å². The maximum Gasteiger partial charge on any atom is 0.266 e. The Morgan fingerprint density at radius 3 is 2.52 bits per heavy atom. The zero-order valence-electron chi connectivity index (χ0n) is 18.0. The molecule has 1 aliphatic heterocycles. The summed E-state index contributed by atoms with van der Waals surface area (Å²) in [5.74, 6) is -0.0281. The third-order valence-corrected chi connectivity index (χ3v) is 7.01. The topological polar surface area (TPSA) is 37.6 Å². The van der Waals surface area contributed by atoms with E-state index in [1.807, 2.05) is 30.3 Å². The molecule has 31 heavy (non-hydrogen) atoms. The largest absolute Gasteiger partial charge is 0.318 e. The van der Waals surface area contributed by atoms with E-state index in [1.54, 1.807) is 11.9 Å². The molecule has 0 aliphatic carbocycles. The van der Waals surface area contributed by atoms with Crippen LogP contribution in [0.15, 0.2) is 69.0 Å². The Bertz CT molecular complexity index is 1210. The number of para-hydroxylation sites is 1. The lowest BCUT2D eigenvalue weighted by molar-refractivity contribution is -0.121. The fourth-order valence-corrected chi connectivity index (χ4v) is 4.99. The van der Waals surface area contributed by atoms with Crippen LogP contribution < -0.4 is 0 Å². The van der Waals surface area contributed by atoms with Crippen molar-refractivity contribution in [2.24, 2.45) is 4.99 Å². The molecule has 6 heteroatoms. The normalized spacial score (nSPS) is 16.7.